The molecular weight excluding hydrogens is 328 g/mol. The Bertz CT molecular complexity index is 851. The molecule has 0 radical (unpaired) electrons. The van der Waals surface area contributed by atoms with Crippen molar-refractivity contribution < 1.29 is 4.79 Å². The molecule has 1 spiro atoms. The lowest BCUT2D eigenvalue weighted by atomic mass is 9.77. The Balaban J connectivity index is 1.51. The molecule has 7 nitrogen and oxygen atoms in total. The van der Waals surface area contributed by atoms with Crippen LogP contribution < -0.4 is 10.2 Å². The van der Waals surface area contributed by atoms with E-state index in [2.05, 4.69) is 15.3 Å². The van der Waals surface area contributed by atoms with E-state index in [9.17, 15) is 4.79 Å². The molecule has 0 unspecified atom stereocenters. The Labute approximate surface area is 153 Å². The zero-order valence-corrected chi connectivity index (χ0v) is 15.4. The number of piperidine rings is 1. The summed E-state index contributed by atoms with van der Waals surface area (Å²) in [6.45, 7) is 4.69. The van der Waals surface area contributed by atoms with E-state index in [0.29, 0.717) is 5.91 Å². The minimum Gasteiger partial charge on any atom is -0.356 e. The molecule has 0 aliphatic carbocycles. The van der Waals surface area contributed by atoms with Gasteiger partial charge in [0.05, 0.1) is 17.3 Å². The molecule has 2 aromatic heterocycles. The maximum atomic E-state index is 12.6. The number of fused-ring (bicyclic) bond motifs is 2. The number of carbonyl (C=O) groups is 1. The van der Waals surface area contributed by atoms with Gasteiger partial charge in [-0.15, -0.1) is 0 Å². The largest absolute Gasteiger partial charge is 0.356 e. The van der Waals surface area contributed by atoms with Crippen LogP contribution in [0.25, 0.3) is 5.65 Å². The molecule has 0 bridgehead atoms. The number of hydrogen-bond donors (Lipinski definition) is 1. The molecule has 5 heterocycles. The van der Waals surface area contributed by atoms with Gasteiger partial charge in [0.2, 0.25) is 5.91 Å². The van der Waals surface area contributed by atoms with Gasteiger partial charge in [-0.2, -0.15) is 9.61 Å². The summed E-state index contributed by atoms with van der Waals surface area (Å²) in [7, 11) is 1.94. The van der Waals surface area contributed by atoms with E-state index >= 15 is 0 Å². The van der Waals surface area contributed by atoms with E-state index in [1.807, 2.05) is 28.7 Å². The highest BCUT2D eigenvalue weighted by Crippen LogP contribution is 2.42. The monoisotopic (exact) mass is 354 g/mol. The van der Waals surface area contributed by atoms with Crippen LogP contribution >= 0.6 is 0 Å². The van der Waals surface area contributed by atoms with Crippen molar-refractivity contribution in [3.05, 3.63) is 23.5 Å². The van der Waals surface area contributed by atoms with E-state index < -0.39 is 0 Å². The van der Waals surface area contributed by atoms with Crippen molar-refractivity contribution in [2.75, 3.05) is 44.7 Å². The number of nitrogens with zero attached hydrogens (tertiary/aromatic N) is 5. The summed E-state index contributed by atoms with van der Waals surface area (Å²) in [5.41, 5.74) is 3.34. The highest BCUT2D eigenvalue weighted by Gasteiger charge is 2.47. The van der Waals surface area contributed by atoms with Crippen LogP contribution in [0, 0.1) is 5.41 Å². The summed E-state index contributed by atoms with van der Waals surface area (Å²) >= 11 is 0. The molecule has 138 valence electrons. The number of carbonyl (C=O) groups excluding carboxylic acids is 1. The lowest BCUT2D eigenvalue weighted by Gasteiger charge is -2.39. The average Bonchev–Trinajstić information content (AvgIpc) is 3.13. The van der Waals surface area contributed by atoms with Crippen LogP contribution in [-0.4, -0.2) is 65.2 Å². The van der Waals surface area contributed by atoms with Crippen LogP contribution in [0.1, 0.15) is 30.5 Å². The zero-order chi connectivity index (χ0) is 17.7. The molecule has 7 heteroatoms. The van der Waals surface area contributed by atoms with Crippen molar-refractivity contribution in [1.82, 2.24) is 24.8 Å². The van der Waals surface area contributed by atoms with Gasteiger partial charge in [-0.25, -0.2) is 4.98 Å². The predicted octanol–water partition coefficient (Wildman–Crippen LogP) is 0.866. The molecule has 0 aromatic carbocycles. The molecule has 3 aliphatic rings. The third-order valence-electron chi connectivity index (χ3n) is 6.53. The molecular formula is C19H26N6O. The van der Waals surface area contributed by atoms with Crippen LogP contribution in [0.3, 0.4) is 0 Å². The quantitative estimate of drug-likeness (QED) is 0.823. The lowest BCUT2D eigenvalue weighted by Crippen LogP contribution is -2.45. The molecule has 26 heavy (non-hydrogen) atoms. The number of hydrogen-bond acceptors (Lipinski definition) is 5. The molecule has 5 rings (SSSR count). The van der Waals surface area contributed by atoms with E-state index in [-0.39, 0.29) is 5.41 Å². The summed E-state index contributed by atoms with van der Waals surface area (Å²) in [5.74, 6) is 1.55. The van der Waals surface area contributed by atoms with Crippen LogP contribution in [0.5, 0.6) is 0 Å². The molecule has 0 saturated carbocycles. The van der Waals surface area contributed by atoms with Gasteiger partial charge in [0.15, 0.2) is 5.65 Å². The molecule has 1 amide bonds. The van der Waals surface area contributed by atoms with Gasteiger partial charge in [0.1, 0.15) is 5.82 Å². The second kappa shape index (κ2) is 5.94. The lowest BCUT2D eigenvalue weighted by molar-refractivity contribution is -0.135. The van der Waals surface area contributed by atoms with Gasteiger partial charge in [0.25, 0.3) is 0 Å². The number of likely N-dealkylation sites (tertiary alicyclic amines) is 1. The molecule has 3 aliphatic heterocycles. The van der Waals surface area contributed by atoms with Crippen molar-refractivity contribution in [2.45, 2.75) is 32.1 Å². The Morgan fingerprint density at radius 3 is 2.65 bits per heavy atom. The zero-order valence-electron chi connectivity index (χ0n) is 15.4. The number of aromatic nitrogens is 3. The smallest absolute Gasteiger partial charge is 0.228 e. The molecule has 0 atom stereocenters. The summed E-state index contributed by atoms with van der Waals surface area (Å²) in [6, 6.07) is 1.99. The first kappa shape index (κ1) is 16.1. The first-order chi connectivity index (χ1) is 12.7. The second-order valence-electron chi connectivity index (χ2n) is 7.96. The average molecular weight is 354 g/mol. The Morgan fingerprint density at radius 2 is 1.88 bits per heavy atom. The van der Waals surface area contributed by atoms with Crippen LogP contribution in [-0.2, 0) is 17.6 Å². The van der Waals surface area contributed by atoms with Crippen LogP contribution in [0.4, 0.5) is 5.82 Å². The van der Waals surface area contributed by atoms with Gasteiger partial charge >= 0.3 is 0 Å². The number of nitrogens with one attached hydrogen (secondary N) is 1. The molecule has 2 aromatic rings. The maximum absolute atomic E-state index is 12.6. The van der Waals surface area contributed by atoms with E-state index in [4.69, 9.17) is 4.98 Å². The Kier molecular flexibility index (Phi) is 3.67. The van der Waals surface area contributed by atoms with Gasteiger partial charge in [-0.1, -0.05) is 0 Å². The fraction of sp³-hybridized carbons (Fsp3) is 0.632. The third kappa shape index (κ3) is 2.33. The third-order valence-corrected chi connectivity index (χ3v) is 6.53. The van der Waals surface area contributed by atoms with Crippen molar-refractivity contribution >= 4 is 17.4 Å². The van der Waals surface area contributed by atoms with Gasteiger partial charge in [-0.05, 0) is 32.2 Å². The summed E-state index contributed by atoms with van der Waals surface area (Å²) in [4.78, 5) is 21.9. The number of anilines is 1. The minimum absolute atomic E-state index is 0.125. The summed E-state index contributed by atoms with van der Waals surface area (Å²) in [5, 5.41) is 8.05. The van der Waals surface area contributed by atoms with Crippen LogP contribution in [0.2, 0.25) is 0 Å². The van der Waals surface area contributed by atoms with Crippen molar-refractivity contribution in [3.63, 3.8) is 0 Å². The standard InChI is InChI=1S/C19H26N6O/c1-23-11-5-19(18(23)26)6-12-24(13-7-19)17-14-2-8-20-9-3-15(14)22-16-4-10-21-25(16)17/h4,10,20H,2-3,5-9,11-13H2,1H3. The van der Waals surface area contributed by atoms with Crippen molar-refractivity contribution in [2.24, 2.45) is 5.41 Å². The minimum atomic E-state index is -0.125. The predicted molar refractivity (Wildman–Crippen MR) is 99.4 cm³/mol. The highest BCUT2D eigenvalue weighted by molar-refractivity contribution is 5.85. The summed E-state index contributed by atoms with van der Waals surface area (Å²) in [6.07, 6.45) is 6.67. The Morgan fingerprint density at radius 1 is 1.12 bits per heavy atom. The first-order valence-corrected chi connectivity index (χ1v) is 9.75. The van der Waals surface area contributed by atoms with Gasteiger partial charge in [0, 0.05) is 51.3 Å². The SMILES string of the molecule is CN1CCC2(CCN(c3c4c(nc5ccnn35)CCNCC4)CC2)C1=O. The fourth-order valence-corrected chi connectivity index (χ4v) is 4.95. The molecule has 1 N–H and O–H groups in total. The second-order valence-corrected chi connectivity index (χ2v) is 7.96. The highest BCUT2D eigenvalue weighted by atomic mass is 16.2. The number of amides is 1. The topological polar surface area (TPSA) is 65.8 Å². The van der Waals surface area contributed by atoms with Gasteiger partial charge < -0.3 is 15.1 Å². The molecule has 2 fully saturated rings. The van der Waals surface area contributed by atoms with Gasteiger partial charge in [-0.3, -0.25) is 4.79 Å². The normalized spacial score (nSPS) is 22.9. The van der Waals surface area contributed by atoms with E-state index in [1.54, 1.807) is 0 Å². The van der Waals surface area contributed by atoms with Crippen molar-refractivity contribution in [1.29, 1.82) is 0 Å². The maximum Gasteiger partial charge on any atom is 0.228 e. The van der Waals surface area contributed by atoms with Crippen LogP contribution in [0.15, 0.2) is 12.3 Å². The first-order valence-electron chi connectivity index (χ1n) is 9.75. The Hall–Kier alpha value is -2.15. The summed E-state index contributed by atoms with van der Waals surface area (Å²) < 4.78 is 2.00. The number of rotatable bonds is 1. The van der Waals surface area contributed by atoms with Crippen molar-refractivity contribution in [3.8, 4) is 0 Å². The van der Waals surface area contributed by atoms with E-state index in [1.165, 1.54) is 17.1 Å². The van der Waals surface area contributed by atoms with E-state index in [0.717, 1.165) is 70.5 Å². The fourth-order valence-electron chi connectivity index (χ4n) is 4.95. The molecule has 2 saturated heterocycles.